The molecule has 94 valence electrons. The molecule has 1 aromatic rings. The Balaban J connectivity index is 2.02. The summed E-state index contributed by atoms with van der Waals surface area (Å²) in [6.07, 6.45) is 0. The van der Waals surface area contributed by atoms with Crippen LogP contribution in [0.5, 0.6) is 11.5 Å². The molecule has 0 amide bonds. The van der Waals surface area contributed by atoms with Crippen molar-refractivity contribution in [3.05, 3.63) is 23.8 Å². The average molecular weight is 236 g/mol. The Morgan fingerprint density at radius 2 is 2.24 bits per heavy atom. The molecule has 1 aliphatic rings. The molecule has 4 nitrogen and oxygen atoms in total. The second-order valence-electron chi connectivity index (χ2n) is 4.46. The molecular weight excluding hydrogens is 216 g/mol. The molecule has 2 N–H and O–H groups in total. The van der Waals surface area contributed by atoms with Crippen LogP contribution < -0.4 is 10.1 Å². The van der Waals surface area contributed by atoms with Crippen molar-refractivity contribution < 1.29 is 9.84 Å². The fraction of sp³-hybridized carbons (Fsp3) is 0.538. The number of nitrogens with one attached hydrogen (secondary N) is 1. The van der Waals surface area contributed by atoms with Crippen molar-refractivity contribution in [3.63, 3.8) is 0 Å². The van der Waals surface area contributed by atoms with Crippen LogP contribution in [0.3, 0.4) is 0 Å². The van der Waals surface area contributed by atoms with Crippen LogP contribution in [0.25, 0.3) is 0 Å². The lowest BCUT2D eigenvalue weighted by molar-refractivity contribution is 0.173. The molecule has 0 atom stereocenters. The van der Waals surface area contributed by atoms with Gasteiger partial charge in [-0.25, -0.2) is 0 Å². The Bertz CT molecular complexity index is 378. The zero-order chi connectivity index (χ0) is 12.3. The van der Waals surface area contributed by atoms with Crippen LogP contribution in [0.1, 0.15) is 12.5 Å². The smallest absolute Gasteiger partial charge is 0.161 e. The lowest BCUT2D eigenvalue weighted by Gasteiger charge is -2.35. The van der Waals surface area contributed by atoms with Gasteiger partial charge in [0.05, 0.1) is 6.61 Å². The summed E-state index contributed by atoms with van der Waals surface area (Å²) in [4.78, 5) is 2.32. The van der Waals surface area contributed by atoms with Gasteiger partial charge in [-0.3, -0.25) is 4.90 Å². The van der Waals surface area contributed by atoms with Crippen LogP contribution in [0.15, 0.2) is 18.2 Å². The first-order valence-electron chi connectivity index (χ1n) is 6.06. The molecule has 0 aliphatic carbocycles. The molecule has 4 heteroatoms. The van der Waals surface area contributed by atoms with Crippen molar-refractivity contribution in [1.29, 1.82) is 0 Å². The highest BCUT2D eigenvalue weighted by molar-refractivity contribution is 5.41. The number of aromatic hydroxyl groups is 1. The molecule has 2 rings (SSSR count). The standard InChI is InChI=1S/C13H20N2O2/c1-3-17-13-6-10(4-5-12(13)16)9-15(2)11-7-14-8-11/h4-6,11,14,16H,3,7-9H2,1-2H3. The largest absolute Gasteiger partial charge is 0.504 e. The first-order chi connectivity index (χ1) is 8.20. The maximum atomic E-state index is 9.62. The summed E-state index contributed by atoms with van der Waals surface area (Å²) in [6.45, 7) is 5.49. The van der Waals surface area contributed by atoms with Crippen molar-refractivity contribution >= 4 is 0 Å². The second kappa shape index (κ2) is 5.38. The fourth-order valence-electron chi connectivity index (χ4n) is 1.93. The van der Waals surface area contributed by atoms with Crippen molar-refractivity contribution in [3.8, 4) is 11.5 Å². The maximum absolute atomic E-state index is 9.62. The molecular formula is C13H20N2O2. The van der Waals surface area contributed by atoms with E-state index >= 15 is 0 Å². The Labute approximate surface area is 102 Å². The normalized spacial score (nSPS) is 15.9. The van der Waals surface area contributed by atoms with Gasteiger partial charge in [-0.1, -0.05) is 6.07 Å². The Morgan fingerprint density at radius 3 is 2.82 bits per heavy atom. The minimum Gasteiger partial charge on any atom is -0.504 e. The third-order valence-electron chi connectivity index (χ3n) is 3.14. The van der Waals surface area contributed by atoms with Gasteiger partial charge in [0.1, 0.15) is 0 Å². The number of phenols is 1. The highest BCUT2D eigenvalue weighted by atomic mass is 16.5. The first kappa shape index (κ1) is 12.2. The minimum absolute atomic E-state index is 0.212. The third kappa shape index (κ3) is 2.90. The summed E-state index contributed by atoms with van der Waals surface area (Å²) in [6, 6.07) is 6.19. The molecule has 1 saturated heterocycles. The van der Waals surface area contributed by atoms with Crippen LogP contribution >= 0.6 is 0 Å². The molecule has 0 radical (unpaired) electrons. The predicted octanol–water partition coefficient (Wildman–Crippen LogP) is 1.19. The summed E-state index contributed by atoms with van der Waals surface area (Å²) in [5.41, 5.74) is 1.17. The quantitative estimate of drug-likeness (QED) is 0.806. The van der Waals surface area contributed by atoms with E-state index in [2.05, 4.69) is 17.3 Å². The van der Waals surface area contributed by atoms with E-state index in [1.54, 1.807) is 6.07 Å². The number of rotatable bonds is 5. The van der Waals surface area contributed by atoms with Crippen molar-refractivity contribution in [2.24, 2.45) is 0 Å². The van der Waals surface area contributed by atoms with Gasteiger partial charge in [0.2, 0.25) is 0 Å². The van der Waals surface area contributed by atoms with E-state index in [4.69, 9.17) is 4.74 Å². The van der Waals surface area contributed by atoms with Gasteiger partial charge in [0.25, 0.3) is 0 Å². The molecule has 0 unspecified atom stereocenters. The zero-order valence-corrected chi connectivity index (χ0v) is 10.4. The monoisotopic (exact) mass is 236 g/mol. The van der Waals surface area contributed by atoms with Gasteiger partial charge >= 0.3 is 0 Å². The number of benzene rings is 1. The molecule has 1 fully saturated rings. The number of hydrogen-bond donors (Lipinski definition) is 2. The summed E-state index contributed by atoms with van der Waals surface area (Å²) in [5.74, 6) is 0.786. The number of ether oxygens (including phenoxy) is 1. The van der Waals surface area contributed by atoms with E-state index in [1.165, 1.54) is 5.56 Å². The highest BCUT2D eigenvalue weighted by Gasteiger charge is 2.21. The van der Waals surface area contributed by atoms with Gasteiger partial charge in [-0.05, 0) is 31.7 Å². The van der Waals surface area contributed by atoms with E-state index in [0.717, 1.165) is 19.6 Å². The van der Waals surface area contributed by atoms with Gasteiger partial charge in [-0.2, -0.15) is 0 Å². The van der Waals surface area contributed by atoms with Gasteiger partial charge < -0.3 is 15.2 Å². The number of hydrogen-bond acceptors (Lipinski definition) is 4. The molecule has 0 aromatic heterocycles. The molecule has 0 bridgehead atoms. The van der Waals surface area contributed by atoms with Crippen molar-refractivity contribution in [2.45, 2.75) is 19.5 Å². The topological polar surface area (TPSA) is 44.7 Å². The molecule has 0 spiro atoms. The lowest BCUT2D eigenvalue weighted by atomic mass is 10.1. The van der Waals surface area contributed by atoms with Crippen LogP contribution in [0, 0.1) is 0 Å². The van der Waals surface area contributed by atoms with E-state index in [1.807, 2.05) is 19.1 Å². The van der Waals surface area contributed by atoms with E-state index < -0.39 is 0 Å². The number of likely N-dealkylation sites (N-methyl/N-ethyl adjacent to an activating group) is 1. The molecule has 1 aliphatic heterocycles. The Hall–Kier alpha value is -1.26. The summed E-state index contributed by atoms with van der Waals surface area (Å²) in [7, 11) is 2.12. The van der Waals surface area contributed by atoms with Crippen LogP contribution in [-0.2, 0) is 6.54 Å². The molecule has 1 heterocycles. The minimum atomic E-state index is 0.212. The Morgan fingerprint density at radius 1 is 1.47 bits per heavy atom. The second-order valence-corrected chi connectivity index (χ2v) is 4.46. The summed E-state index contributed by atoms with van der Waals surface area (Å²) in [5, 5.41) is 12.9. The van der Waals surface area contributed by atoms with E-state index in [0.29, 0.717) is 18.4 Å². The third-order valence-corrected chi connectivity index (χ3v) is 3.14. The summed E-state index contributed by atoms with van der Waals surface area (Å²) < 4.78 is 5.38. The van der Waals surface area contributed by atoms with Crippen LogP contribution in [0.4, 0.5) is 0 Å². The van der Waals surface area contributed by atoms with E-state index in [-0.39, 0.29) is 5.75 Å². The predicted molar refractivity (Wildman–Crippen MR) is 67.4 cm³/mol. The van der Waals surface area contributed by atoms with Gasteiger partial charge in [0, 0.05) is 25.7 Å². The van der Waals surface area contributed by atoms with Crippen LogP contribution in [0.2, 0.25) is 0 Å². The van der Waals surface area contributed by atoms with Crippen molar-refractivity contribution in [2.75, 3.05) is 26.7 Å². The van der Waals surface area contributed by atoms with E-state index in [9.17, 15) is 5.11 Å². The molecule has 1 aromatic carbocycles. The van der Waals surface area contributed by atoms with Crippen LogP contribution in [-0.4, -0.2) is 42.8 Å². The first-order valence-corrected chi connectivity index (χ1v) is 6.06. The van der Waals surface area contributed by atoms with Gasteiger partial charge in [0.15, 0.2) is 11.5 Å². The lowest BCUT2D eigenvalue weighted by Crippen LogP contribution is -2.55. The van der Waals surface area contributed by atoms with Gasteiger partial charge in [-0.15, -0.1) is 0 Å². The van der Waals surface area contributed by atoms with Crippen molar-refractivity contribution in [1.82, 2.24) is 10.2 Å². The Kier molecular flexibility index (Phi) is 3.86. The average Bonchev–Trinajstić information content (AvgIpc) is 2.20. The highest BCUT2D eigenvalue weighted by Crippen LogP contribution is 2.27. The SMILES string of the molecule is CCOc1cc(CN(C)C2CNC2)ccc1O. The fourth-order valence-corrected chi connectivity index (χ4v) is 1.93. The number of phenolic OH excluding ortho intramolecular Hbond substituents is 1. The molecule has 17 heavy (non-hydrogen) atoms. The molecule has 0 saturated carbocycles. The zero-order valence-electron chi connectivity index (χ0n) is 10.4. The number of nitrogens with zero attached hydrogens (tertiary/aromatic N) is 1. The summed E-state index contributed by atoms with van der Waals surface area (Å²) >= 11 is 0. The maximum Gasteiger partial charge on any atom is 0.161 e.